The summed E-state index contributed by atoms with van der Waals surface area (Å²) in [6.45, 7) is 16.0. The predicted molar refractivity (Wildman–Crippen MR) is 76.2 cm³/mol. The molecule has 1 aliphatic heterocycles. The zero-order valence-corrected chi connectivity index (χ0v) is 12.3. The number of rotatable bonds is 6. The van der Waals surface area contributed by atoms with Crippen molar-refractivity contribution in [3.8, 4) is 0 Å². The summed E-state index contributed by atoms with van der Waals surface area (Å²) in [5.41, 5.74) is 2.42. The quantitative estimate of drug-likeness (QED) is 0.778. The van der Waals surface area contributed by atoms with E-state index in [9.17, 15) is 0 Å². The van der Waals surface area contributed by atoms with Crippen molar-refractivity contribution in [1.82, 2.24) is 15.1 Å². The standard InChI is InChI=1S/C14H27N3O/c1-12(2)14(16-8-10-18-11-9-16)17(13(3)4)7-6-15-5/h15H,3,6-11H2,1-2,4-5H3. The minimum Gasteiger partial charge on any atom is -0.378 e. The van der Waals surface area contributed by atoms with Crippen LogP contribution in [0.4, 0.5) is 0 Å². The topological polar surface area (TPSA) is 27.7 Å². The molecule has 0 aromatic rings. The molecular weight excluding hydrogens is 226 g/mol. The van der Waals surface area contributed by atoms with Crippen molar-refractivity contribution in [3.05, 3.63) is 23.7 Å². The van der Waals surface area contributed by atoms with Gasteiger partial charge in [-0.2, -0.15) is 0 Å². The van der Waals surface area contributed by atoms with E-state index in [-0.39, 0.29) is 0 Å². The molecule has 0 aromatic heterocycles. The Bertz CT molecular complexity index is 302. The molecule has 4 nitrogen and oxygen atoms in total. The molecule has 1 fully saturated rings. The van der Waals surface area contributed by atoms with Crippen LogP contribution in [-0.4, -0.2) is 56.2 Å². The van der Waals surface area contributed by atoms with E-state index in [0.717, 1.165) is 45.1 Å². The zero-order chi connectivity index (χ0) is 13.5. The first-order valence-corrected chi connectivity index (χ1v) is 6.65. The third-order valence-corrected chi connectivity index (χ3v) is 3.06. The monoisotopic (exact) mass is 253 g/mol. The van der Waals surface area contributed by atoms with Crippen LogP contribution in [0.5, 0.6) is 0 Å². The molecule has 1 aliphatic rings. The second kappa shape index (κ2) is 7.44. The van der Waals surface area contributed by atoms with Crippen molar-refractivity contribution in [3.63, 3.8) is 0 Å². The van der Waals surface area contributed by atoms with Crippen molar-refractivity contribution >= 4 is 0 Å². The second-order valence-electron chi connectivity index (χ2n) is 4.91. The Balaban J connectivity index is 2.86. The van der Waals surface area contributed by atoms with Crippen LogP contribution in [0.25, 0.3) is 0 Å². The van der Waals surface area contributed by atoms with Crippen LogP contribution in [-0.2, 0) is 4.74 Å². The van der Waals surface area contributed by atoms with Gasteiger partial charge in [-0.15, -0.1) is 0 Å². The Morgan fingerprint density at radius 1 is 1.28 bits per heavy atom. The lowest BCUT2D eigenvalue weighted by molar-refractivity contribution is 0.0402. The fraction of sp³-hybridized carbons (Fsp3) is 0.714. The molecule has 0 aliphatic carbocycles. The summed E-state index contributed by atoms with van der Waals surface area (Å²) in [7, 11) is 1.98. The normalized spacial score (nSPS) is 15.4. The van der Waals surface area contributed by atoms with E-state index in [4.69, 9.17) is 4.74 Å². The minimum absolute atomic E-state index is 0.812. The number of hydrogen-bond acceptors (Lipinski definition) is 4. The highest BCUT2D eigenvalue weighted by Gasteiger charge is 2.20. The summed E-state index contributed by atoms with van der Waals surface area (Å²) >= 11 is 0. The fourth-order valence-corrected chi connectivity index (χ4v) is 2.23. The molecule has 0 saturated carbocycles. The largest absolute Gasteiger partial charge is 0.378 e. The first-order chi connectivity index (χ1) is 8.57. The Labute approximate surface area is 111 Å². The Kier molecular flexibility index (Phi) is 6.22. The van der Waals surface area contributed by atoms with Gasteiger partial charge in [0, 0.05) is 31.9 Å². The second-order valence-corrected chi connectivity index (χ2v) is 4.91. The molecule has 0 radical (unpaired) electrons. The average Bonchev–Trinajstić information content (AvgIpc) is 2.34. The van der Waals surface area contributed by atoms with Gasteiger partial charge in [-0.05, 0) is 33.4 Å². The molecule has 0 amide bonds. The maximum atomic E-state index is 5.43. The number of morpholine rings is 1. The number of nitrogens with zero attached hydrogens (tertiary/aromatic N) is 2. The minimum atomic E-state index is 0.812. The molecule has 0 atom stereocenters. The average molecular weight is 253 g/mol. The third kappa shape index (κ3) is 4.03. The molecule has 1 N–H and O–H groups in total. The van der Waals surface area contributed by atoms with Gasteiger partial charge in [-0.25, -0.2) is 0 Å². The van der Waals surface area contributed by atoms with Crippen molar-refractivity contribution in [1.29, 1.82) is 0 Å². The van der Waals surface area contributed by atoms with Gasteiger partial charge in [-0.1, -0.05) is 6.58 Å². The molecule has 1 heterocycles. The van der Waals surface area contributed by atoms with Crippen LogP contribution in [0.1, 0.15) is 20.8 Å². The van der Waals surface area contributed by atoms with Crippen molar-refractivity contribution in [2.75, 3.05) is 46.4 Å². The fourth-order valence-electron chi connectivity index (χ4n) is 2.23. The van der Waals surface area contributed by atoms with E-state index in [2.05, 4.69) is 42.5 Å². The summed E-state index contributed by atoms with van der Waals surface area (Å²) in [6, 6.07) is 0. The highest BCUT2D eigenvalue weighted by molar-refractivity contribution is 5.14. The Hall–Kier alpha value is -1.00. The van der Waals surface area contributed by atoms with Gasteiger partial charge in [0.2, 0.25) is 0 Å². The maximum absolute atomic E-state index is 5.43. The number of hydrogen-bond donors (Lipinski definition) is 1. The van der Waals surface area contributed by atoms with E-state index in [1.54, 1.807) is 0 Å². The molecule has 0 spiro atoms. The molecule has 0 bridgehead atoms. The van der Waals surface area contributed by atoms with E-state index >= 15 is 0 Å². The van der Waals surface area contributed by atoms with Crippen LogP contribution in [0.3, 0.4) is 0 Å². The molecule has 1 saturated heterocycles. The highest BCUT2D eigenvalue weighted by atomic mass is 16.5. The highest BCUT2D eigenvalue weighted by Crippen LogP contribution is 2.20. The van der Waals surface area contributed by atoms with Crippen molar-refractivity contribution < 1.29 is 4.74 Å². The van der Waals surface area contributed by atoms with Gasteiger partial charge >= 0.3 is 0 Å². The zero-order valence-electron chi connectivity index (χ0n) is 12.3. The number of allylic oxidation sites excluding steroid dienone is 2. The van der Waals surface area contributed by atoms with Crippen LogP contribution in [0.2, 0.25) is 0 Å². The van der Waals surface area contributed by atoms with Gasteiger partial charge < -0.3 is 19.9 Å². The van der Waals surface area contributed by atoms with Gasteiger partial charge in [0.25, 0.3) is 0 Å². The van der Waals surface area contributed by atoms with Crippen molar-refractivity contribution in [2.45, 2.75) is 20.8 Å². The van der Waals surface area contributed by atoms with Gasteiger partial charge in [0.15, 0.2) is 0 Å². The molecule has 0 unspecified atom stereocenters. The van der Waals surface area contributed by atoms with Crippen LogP contribution >= 0.6 is 0 Å². The molecule has 18 heavy (non-hydrogen) atoms. The summed E-state index contributed by atoms with van der Waals surface area (Å²) in [5, 5.41) is 3.20. The van der Waals surface area contributed by atoms with Crippen LogP contribution < -0.4 is 5.32 Å². The molecule has 4 heteroatoms. The van der Waals surface area contributed by atoms with Gasteiger partial charge in [0.1, 0.15) is 5.82 Å². The number of likely N-dealkylation sites (N-methyl/N-ethyl adjacent to an activating group) is 1. The lowest BCUT2D eigenvalue weighted by Gasteiger charge is -2.39. The van der Waals surface area contributed by atoms with Gasteiger partial charge in [0.05, 0.1) is 13.2 Å². The summed E-state index contributed by atoms with van der Waals surface area (Å²) in [5.74, 6) is 1.29. The van der Waals surface area contributed by atoms with Crippen molar-refractivity contribution in [2.24, 2.45) is 0 Å². The Morgan fingerprint density at radius 2 is 1.89 bits per heavy atom. The number of nitrogens with one attached hydrogen (secondary N) is 1. The van der Waals surface area contributed by atoms with E-state index in [0.29, 0.717) is 0 Å². The van der Waals surface area contributed by atoms with E-state index in [1.807, 2.05) is 7.05 Å². The first kappa shape index (κ1) is 15.1. The molecule has 0 aromatic carbocycles. The van der Waals surface area contributed by atoms with E-state index < -0.39 is 0 Å². The van der Waals surface area contributed by atoms with Crippen LogP contribution in [0.15, 0.2) is 23.7 Å². The lowest BCUT2D eigenvalue weighted by Crippen LogP contribution is -2.43. The number of ether oxygens (including phenoxy) is 1. The summed E-state index contributed by atoms with van der Waals surface area (Å²) < 4.78 is 5.43. The summed E-state index contributed by atoms with van der Waals surface area (Å²) in [6.07, 6.45) is 0. The van der Waals surface area contributed by atoms with Gasteiger partial charge in [-0.3, -0.25) is 0 Å². The third-order valence-electron chi connectivity index (χ3n) is 3.06. The molecule has 1 rings (SSSR count). The molecule has 104 valence electrons. The summed E-state index contributed by atoms with van der Waals surface area (Å²) in [4.78, 5) is 4.71. The van der Waals surface area contributed by atoms with E-state index in [1.165, 1.54) is 11.4 Å². The maximum Gasteiger partial charge on any atom is 0.107 e. The lowest BCUT2D eigenvalue weighted by atomic mass is 10.2. The molecular formula is C14H27N3O. The Morgan fingerprint density at radius 3 is 2.33 bits per heavy atom. The smallest absolute Gasteiger partial charge is 0.107 e. The first-order valence-electron chi connectivity index (χ1n) is 6.65. The van der Waals surface area contributed by atoms with Crippen LogP contribution in [0, 0.1) is 0 Å². The SMILES string of the molecule is C=C(C)N(CCNC)C(=C(C)C)N1CCOCC1. The predicted octanol–water partition coefficient (Wildman–Crippen LogP) is 1.62.